The van der Waals surface area contributed by atoms with E-state index in [9.17, 15) is 14.0 Å². The van der Waals surface area contributed by atoms with Crippen LogP contribution in [0.4, 0.5) is 10.1 Å². The molecule has 0 saturated heterocycles. The van der Waals surface area contributed by atoms with Crippen LogP contribution in [0.15, 0.2) is 36.4 Å². The number of aryl methyl sites for hydroxylation is 3. The summed E-state index contributed by atoms with van der Waals surface area (Å²) in [7, 11) is 0. The molecular weight excluding hydrogens is 337 g/mol. The molecule has 0 aliphatic heterocycles. The summed E-state index contributed by atoms with van der Waals surface area (Å²) < 4.78 is 24.0. The van der Waals surface area contributed by atoms with Crippen LogP contribution in [0.1, 0.15) is 23.6 Å². The van der Waals surface area contributed by atoms with Crippen molar-refractivity contribution in [1.29, 1.82) is 0 Å². The lowest BCUT2D eigenvalue weighted by Crippen LogP contribution is -2.31. The van der Waals surface area contributed by atoms with Crippen LogP contribution in [0.3, 0.4) is 0 Å². The molecule has 0 saturated carbocycles. The zero-order chi connectivity index (χ0) is 19.3. The summed E-state index contributed by atoms with van der Waals surface area (Å²) in [5.74, 6) is -1.07. The van der Waals surface area contributed by atoms with Gasteiger partial charge in [-0.1, -0.05) is 12.1 Å². The molecule has 1 atom stereocenters. The third kappa shape index (κ3) is 5.58. The molecule has 1 N–H and O–H groups in total. The SMILES string of the molecule is Cc1cc(C)cc(OCC(=O)OC(C)C(=O)Nc2ccc(C)c(F)c2)c1. The molecular formula is C20H22FNO4. The minimum absolute atomic E-state index is 0.299. The first-order valence-electron chi connectivity index (χ1n) is 8.22. The zero-order valence-electron chi connectivity index (χ0n) is 15.3. The summed E-state index contributed by atoms with van der Waals surface area (Å²) in [6.45, 7) is 6.62. The fourth-order valence-electron chi connectivity index (χ4n) is 2.36. The number of esters is 1. The molecule has 26 heavy (non-hydrogen) atoms. The van der Waals surface area contributed by atoms with Gasteiger partial charge < -0.3 is 14.8 Å². The van der Waals surface area contributed by atoms with Gasteiger partial charge in [0, 0.05) is 5.69 Å². The normalized spacial score (nSPS) is 11.6. The van der Waals surface area contributed by atoms with E-state index in [1.807, 2.05) is 32.0 Å². The van der Waals surface area contributed by atoms with E-state index in [1.165, 1.54) is 13.0 Å². The van der Waals surface area contributed by atoms with Gasteiger partial charge in [0.05, 0.1) is 0 Å². The van der Waals surface area contributed by atoms with Gasteiger partial charge in [0.1, 0.15) is 11.6 Å². The van der Waals surface area contributed by atoms with Crippen molar-refractivity contribution in [2.75, 3.05) is 11.9 Å². The minimum Gasteiger partial charge on any atom is -0.482 e. The molecule has 5 nitrogen and oxygen atoms in total. The van der Waals surface area contributed by atoms with E-state index in [0.29, 0.717) is 17.0 Å². The lowest BCUT2D eigenvalue weighted by molar-refractivity contribution is -0.155. The number of carbonyl (C=O) groups excluding carboxylic acids is 2. The first-order valence-corrected chi connectivity index (χ1v) is 8.22. The third-order valence-corrected chi connectivity index (χ3v) is 3.67. The van der Waals surface area contributed by atoms with Crippen LogP contribution in [0.5, 0.6) is 5.75 Å². The van der Waals surface area contributed by atoms with E-state index in [4.69, 9.17) is 9.47 Å². The molecule has 1 unspecified atom stereocenters. The van der Waals surface area contributed by atoms with Crippen LogP contribution in [0.2, 0.25) is 0 Å². The second-order valence-electron chi connectivity index (χ2n) is 6.20. The molecule has 0 bridgehead atoms. The maximum atomic E-state index is 13.5. The summed E-state index contributed by atoms with van der Waals surface area (Å²) in [5.41, 5.74) is 2.82. The molecule has 2 rings (SSSR count). The highest BCUT2D eigenvalue weighted by atomic mass is 19.1. The number of rotatable bonds is 6. The van der Waals surface area contributed by atoms with Crippen molar-refractivity contribution in [1.82, 2.24) is 0 Å². The average molecular weight is 359 g/mol. The van der Waals surface area contributed by atoms with Crippen molar-refractivity contribution >= 4 is 17.6 Å². The maximum Gasteiger partial charge on any atom is 0.344 e. The largest absolute Gasteiger partial charge is 0.482 e. The van der Waals surface area contributed by atoms with Gasteiger partial charge in [0.2, 0.25) is 0 Å². The topological polar surface area (TPSA) is 64.6 Å². The van der Waals surface area contributed by atoms with E-state index < -0.39 is 23.8 Å². The van der Waals surface area contributed by atoms with Gasteiger partial charge in [-0.25, -0.2) is 9.18 Å². The second-order valence-corrected chi connectivity index (χ2v) is 6.20. The number of carbonyl (C=O) groups is 2. The van der Waals surface area contributed by atoms with Gasteiger partial charge in [-0.05, 0) is 68.7 Å². The fourth-order valence-corrected chi connectivity index (χ4v) is 2.36. The number of nitrogens with one attached hydrogen (secondary N) is 1. The lowest BCUT2D eigenvalue weighted by Gasteiger charge is -2.14. The van der Waals surface area contributed by atoms with Crippen LogP contribution < -0.4 is 10.1 Å². The minimum atomic E-state index is -1.03. The van der Waals surface area contributed by atoms with Gasteiger partial charge >= 0.3 is 5.97 Å². The first kappa shape index (κ1) is 19.4. The zero-order valence-corrected chi connectivity index (χ0v) is 15.3. The Morgan fingerprint density at radius 2 is 1.73 bits per heavy atom. The second kappa shape index (κ2) is 8.47. The summed E-state index contributed by atoms with van der Waals surface area (Å²) in [4.78, 5) is 23.9. The molecule has 2 aromatic rings. The van der Waals surface area contributed by atoms with Crippen LogP contribution in [0, 0.1) is 26.6 Å². The molecule has 2 aromatic carbocycles. The van der Waals surface area contributed by atoms with Gasteiger partial charge in [-0.15, -0.1) is 0 Å². The number of amides is 1. The molecule has 0 heterocycles. The average Bonchev–Trinajstić information content (AvgIpc) is 2.55. The quantitative estimate of drug-likeness (QED) is 0.799. The van der Waals surface area contributed by atoms with Gasteiger partial charge in [0.15, 0.2) is 12.7 Å². The predicted molar refractivity (Wildman–Crippen MR) is 96.7 cm³/mol. The Bertz CT molecular complexity index is 799. The highest BCUT2D eigenvalue weighted by Crippen LogP contribution is 2.16. The molecule has 0 fully saturated rings. The van der Waals surface area contributed by atoms with E-state index in [-0.39, 0.29) is 6.61 Å². The van der Waals surface area contributed by atoms with Crippen molar-refractivity contribution in [2.24, 2.45) is 0 Å². The van der Waals surface area contributed by atoms with E-state index in [2.05, 4.69) is 5.32 Å². The smallest absolute Gasteiger partial charge is 0.344 e. The Morgan fingerprint density at radius 3 is 2.35 bits per heavy atom. The van der Waals surface area contributed by atoms with E-state index >= 15 is 0 Å². The predicted octanol–water partition coefficient (Wildman–Crippen LogP) is 3.70. The fraction of sp³-hybridized carbons (Fsp3) is 0.300. The summed E-state index contributed by atoms with van der Waals surface area (Å²) >= 11 is 0. The van der Waals surface area contributed by atoms with Crippen molar-refractivity contribution in [3.05, 3.63) is 58.9 Å². The molecule has 6 heteroatoms. The molecule has 0 aromatic heterocycles. The van der Waals surface area contributed by atoms with Crippen molar-refractivity contribution in [2.45, 2.75) is 33.8 Å². The number of halogens is 1. The Hall–Kier alpha value is -2.89. The Morgan fingerprint density at radius 1 is 1.08 bits per heavy atom. The van der Waals surface area contributed by atoms with Crippen molar-refractivity contribution in [3.8, 4) is 5.75 Å². The van der Waals surface area contributed by atoms with Crippen LogP contribution in [-0.4, -0.2) is 24.6 Å². The molecule has 138 valence electrons. The van der Waals surface area contributed by atoms with Crippen LogP contribution >= 0.6 is 0 Å². The number of hydrogen-bond acceptors (Lipinski definition) is 4. The number of ether oxygens (including phenoxy) is 2. The van der Waals surface area contributed by atoms with Crippen LogP contribution in [-0.2, 0) is 14.3 Å². The number of benzene rings is 2. The first-order chi connectivity index (χ1) is 12.2. The third-order valence-electron chi connectivity index (χ3n) is 3.67. The van der Waals surface area contributed by atoms with E-state index in [1.54, 1.807) is 19.1 Å². The Labute approximate surface area is 152 Å². The van der Waals surface area contributed by atoms with E-state index in [0.717, 1.165) is 11.1 Å². The maximum absolute atomic E-state index is 13.5. The summed E-state index contributed by atoms with van der Waals surface area (Å²) in [6.07, 6.45) is -1.03. The number of hydrogen-bond donors (Lipinski definition) is 1. The lowest BCUT2D eigenvalue weighted by atomic mass is 10.1. The number of anilines is 1. The highest BCUT2D eigenvalue weighted by Gasteiger charge is 2.18. The molecule has 0 spiro atoms. The summed E-state index contributed by atoms with van der Waals surface area (Å²) in [6, 6.07) is 9.95. The van der Waals surface area contributed by atoms with Crippen molar-refractivity contribution in [3.63, 3.8) is 0 Å². The standard InChI is InChI=1S/C20H22FNO4/c1-12-7-13(2)9-17(8-12)25-11-19(23)26-15(4)20(24)22-16-6-5-14(3)18(21)10-16/h5-10,15H,11H2,1-4H3,(H,22,24). The van der Waals surface area contributed by atoms with Gasteiger partial charge in [-0.3, -0.25) is 4.79 Å². The highest BCUT2D eigenvalue weighted by molar-refractivity contribution is 5.95. The molecule has 1 amide bonds. The van der Waals surface area contributed by atoms with Gasteiger partial charge in [-0.2, -0.15) is 0 Å². The summed E-state index contributed by atoms with van der Waals surface area (Å²) in [5, 5.41) is 2.51. The van der Waals surface area contributed by atoms with Crippen LogP contribution in [0.25, 0.3) is 0 Å². The molecule has 0 radical (unpaired) electrons. The Balaban J connectivity index is 1.85. The Kier molecular flexibility index (Phi) is 6.33. The molecule has 0 aliphatic carbocycles. The molecule has 0 aliphatic rings. The monoisotopic (exact) mass is 359 g/mol. The van der Waals surface area contributed by atoms with Gasteiger partial charge in [0.25, 0.3) is 5.91 Å². The van der Waals surface area contributed by atoms with Crippen molar-refractivity contribution < 1.29 is 23.5 Å².